The smallest absolute Gasteiger partial charge is 0.248 e. The van der Waals surface area contributed by atoms with Gasteiger partial charge in [-0.1, -0.05) is 18.7 Å². The number of rotatable bonds is 3. The first-order chi connectivity index (χ1) is 4.72. The summed E-state index contributed by atoms with van der Waals surface area (Å²) in [5, 5.41) is 0. The molecule has 0 aromatic heterocycles. The van der Waals surface area contributed by atoms with Crippen molar-refractivity contribution in [2.45, 2.75) is 0 Å². The maximum atomic E-state index is 10.5. The maximum absolute atomic E-state index is 10.5. The van der Waals surface area contributed by atoms with E-state index >= 15 is 0 Å². The van der Waals surface area contributed by atoms with Crippen LogP contribution < -0.4 is 11.5 Å². The van der Waals surface area contributed by atoms with Gasteiger partial charge in [-0.25, -0.2) is 0 Å². The molecule has 0 atom stereocenters. The lowest BCUT2D eigenvalue weighted by molar-refractivity contribution is -0.114. The van der Waals surface area contributed by atoms with E-state index in [0.29, 0.717) is 5.57 Å². The van der Waals surface area contributed by atoms with Gasteiger partial charge in [0.15, 0.2) is 0 Å². The number of hydrogen-bond donors (Lipinski definition) is 2. The van der Waals surface area contributed by atoms with Gasteiger partial charge in [0.05, 0.1) is 0 Å². The van der Waals surface area contributed by atoms with Crippen molar-refractivity contribution < 1.29 is 4.79 Å². The first-order valence-electron chi connectivity index (χ1n) is 2.73. The number of carbonyl (C=O) groups is 1. The monoisotopic (exact) mass is 138 g/mol. The average molecular weight is 138 g/mol. The number of primary amides is 1. The Morgan fingerprint density at radius 3 is 2.40 bits per heavy atom. The van der Waals surface area contributed by atoms with Crippen LogP contribution in [0.25, 0.3) is 0 Å². The standard InChI is InChI=1S/C7H10N2O/c1-2-3-6(4-5-8)7(9)10/h2-5H,1,8H2,(H2,9,10)/b5-4-,6-3+. The molecule has 0 heterocycles. The Balaban J connectivity index is 4.41. The lowest BCUT2D eigenvalue weighted by Crippen LogP contribution is -2.12. The molecule has 3 heteroatoms. The van der Waals surface area contributed by atoms with Crippen molar-refractivity contribution in [1.82, 2.24) is 0 Å². The van der Waals surface area contributed by atoms with Crippen LogP contribution >= 0.6 is 0 Å². The van der Waals surface area contributed by atoms with Crippen molar-refractivity contribution >= 4 is 5.91 Å². The normalized spacial score (nSPS) is 11.8. The molecule has 0 saturated carbocycles. The number of nitrogens with two attached hydrogens (primary N) is 2. The van der Waals surface area contributed by atoms with Gasteiger partial charge in [0.25, 0.3) is 0 Å². The van der Waals surface area contributed by atoms with Crippen LogP contribution in [0.3, 0.4) is 0 Å². The van der Waals surface area contributed by atoms with Crippen molar-refractivity contribution in [3.63, 3.8) is 0 Å². The fourth-order valence-corrected chi connectivity index (χ4v) is 0.450. The molecule has 3 nitrogen and oxygen atoms in total. The van der Waals surface area contributed by atoms with Crippen LogP contribution in [0.5, 0.6) is 0 Å². The summed E-state index contributed by atoms with van der Waals surface area (Å²) >= 11 is 0. The summed E-state index contributed by atoms with van der Waals surface area (Å²) in [6, 6.07) is 0. The van der Waals surface area contributed by atoms with Crippen LogP contribution in [0.2, 0.25) is 0 Å². The summed E-state index contributed by atoms with van der Waals surface area (Å²) < 4.78 is 0. The summed E-state index contributed by atoms with van der Waals surface area (Å²) in [5.74, 6) is -0.512. The molecule has 0 radical (unpaired) electrons. The van der Waals surface area contributed by atoms with Crippen LogP contribution in [0.1, 0.15) is 0 Å². The van der Waals surface area contributed by atoms with Gasteiger partial charge >= 0.3 is 0 Å². The van der Waals surface area contributed by atoms with Crippen molar-refractivity contribution in [2.24, 2.45) is 11.5 Å². The Labute approximate surface area is 59.7 Å². The minimum absolute atomic E-state index is 0.345. The first kappa shape index (κ1) is 8.49. The highest BCUT2D eigenvalue weighted by Gasteiger charge is 1.95. The summed E-state index contributed by atoms with van der Waals surface area (Å²) in [6.07, 6.45) is 5.63. The van der Waals surface area contributed by atoms with Crippen LogP contribution in [0.15, 0.2) is 36.6 Å². The topological polar surface area (TPSA) is 69.1 Å². The van der Waals surface area contributed by atoms with Crippen LogP contribution in [-0.2, 0) is 4.79 Å². The Bertz CT molecular complexity index is 192. The highest BCUT2D eigenvalue weighted by atomic mass is 16.1. The Kier molecular flexibility index (Phi) is 3.72. The van der Waals surface area contributed by atoms with Crippen LogP contribution in [0.4, 0.5) is 0 Å². The molecule has 0 spiro atoms. The Hall–Kier alpha value is -1.51. The van der Waals surface area contributed by atoms with Crippen molar-refractivity contribution in [1.29, 1.82) is 0 Å². The Morgan fingerprint density at radius 1 is 1.50 bits per heavy atom. The minimum atomic E-state index is -0.512. The van der Waals surface area contributed by atoms with Crippen molar-refractivity contribution in [3.05, 3.63) is 36.6 Å². The summed E-state index contributed by atoms with van der Waals surface area (Å²) in [7, 11) is 0. The quantitative estimate of drug-likeness (QED) is 0.427. The third kappa shape index (κ3) is 2.71. The number of hydrogen-bond acceptors (Lipinski definition) is 2. The zero-order chi connectivity index (χ0) is 7.98. The second-order valence-corrected chi connectivity index (χ2v) is 1.58. The highest BCUT2D eigenvalue weighted by Crippen LogP contribution is 1.93. The zero-order valence-electron chi connectivity index (χ0n) is 5.58. The fraction of sp³-hybridized carbons (Fsp3) is 0. The van der Waals surface area contributed by atoms with E-state index in [-0.39, 0.29) is 0 Å². The second-order valence-electron chi connectivity index (χ2n) is 1.58. The van der Waals surface area contributed by atoms with Gasteiger partial charge in [-0.2, -0.15) is 0 Å². The van der Waals surface area contributed by atoms with Gasteiger partial charge in [-0.05, 0) is 12.3 Å². The molecule has 0 fully saturated rings. The third-order valence-corrected chi connectivity index (χ3v) is 0.858. The first-order valence-corrected chi connectivity index (χ1v) is 2.73. The maximum Gasteiger partial charge on any atom is 0.248 e. The van der Waals surface area contributed by atoms with E-state index in [0.717, 1.165) is 0 Å². The van der Waals surface area contributed by atoms with E-state index in [9.17, 15) is 4.79 Å². The molecule has 0 aliphatic carbocycles. The molecular weight excluding hydrogens is 128 g/mol. The lowest BCUT2D eigenvalue weighted by Gasteiger charge is -1.90. The van der Waals surface area contributed by atoms with E-state index in [2.05, 4.69) is 6.58 Å². The summed E-state index contributed by atoms with van der Waals surface area (Å²) in [6.45, 7) is 3.41. The number of amides is 1. The fourth-order valence-electron chi connectivity index (χ4n) is 0.450. The average Bonchev–Trinajstić information content (AvgIpc) is 1.87. The SMILES string of the molecule is C=C/C=C(\C=C/N)C(N)=O. The molecule has 54 valence electrons. The zero-order valence-corrected chi connectivity index (χ0v) is 5.58. The molecule has 0 unspecified atom stereocenters. The molecule has 0 aromatic rings. The predicted molar refractivity (Wildman–Crippen MR) is 40.8 cm³/mol. The second kappa shape index (κ2) is 4.38. The molecule has 0 bridgehead atoms. The van der Waals surface area contributed by atoms with E-state index < -0.39 is 5.91 Å². The van der Waals surface area contributed by atoms with E-state index in [1.807, 2.05) is 0 Å². The molecule has 0 rings (SSSR count). The van der Waals surface area contributed by atoms with E-state index in [4.69, 9.17) is 11.5 Å². The van der Waals surface area contributed by atoms with Gasteiger partial charge < -0.3 is 11.5 Å². The molecular formula is C7H10N2O. The van der Waals surface area contributed by atoms with E-state index in [1.54, 1.807) is 0 Å². The molecule has 0 aliphatic rings. The Morgan fingerprint density at radius 2 is 2.10 bits per heavy atom. The largest absolute Gasteiger partial charge is 0.405 e. The molecule has 0 aromatic carbocycles. The van der Waals surface area contributed by atoms with Crippen molar-refractivity contribution in [2.75, 3.05) is 0 Å². The van der Waals surface area contributed by atoms with Gasteiger partial charge in [-0.3, -0.25) is 4.79 Å². The molecule has 10 heavy (non-hydrogen) atoms. The van der Waals surface area contributed by atoms with Gasteiger partial charge in [-0.15, -0.1) is 0 Å². The summed E-state index contributed by atoms with van der Waals surface area (Å²) in [4.78, 5) is 10.5. The summed E-state index contributed by atoms with van der Waals surface area (Å²) in [5.41, 5.74) is 10.3. The highest BCUT2D eigenvalue weighted by molar-refractivity contribution is 5.95. The molecule has 0 aliphatic heterocycles. The van der Waals surface area contributed by atoms with Gasteiger partial charge in [0, 0.05) is 5.57 Å². The van der Waals surface area contributed by atoms with Crippen LogP contribution in [-0.4, -0.2) is 5.91 Å². The van der Waals surface area contributed by atoms with Gasteiger partial charge in [0.1, 0.15) is 0 Å². The molecule has 1 amide bonds. The molecule has 4 N–H and O–H groups in total. The number of carbonyl (C=O) groups excluding carboxylic acids is 1. The predicted octanol–water partition coefficient (Wildman–Crippen LogP) is 0.0565. The third-order valence-electron chi connectivity index (χ3n) is 0.858. The minimum Gasteiger partial charge on any atom is -0.405 e. The van der Waals surface area contributed by atoms with Gasteiger partial charge in [0.2, 0.25) is 5.91 Å². The lowest BCUT2D eigenvalue weighted by atomic mass is 10.2. The number of allylic oxidation sites excluding steroid dienone is 2. The van der Waals surface area contributed by atoms with Crippen LogP contribution in [0, 0.1) is 0 Å². The van der Waals surface area contributed by atoms with Crippen molar-refractivity contribution in [3.8, 4) is 0 Å². The molecule has 0 saturated heterocycles. The van der Waals surface area contributed by atoms with E-state index in [1.165, 1.54) is 24.4 Å².